The number of aromatic nitrogens is 1. The summed E-state index contributed by atoms with van der Waals surface area (Å²) < 4.78 is 0. The monoisotopic (exact) mass is 298 g/mol. The molecule has 0 aliphatic heterocycles. The molecule has 0 saturated carbocycles. The number of nitrogens with zero attached hydrogens (tertiary/aromatic N) is 1. The third kappa shape index (κ3) is 6.01. The predicted molar refractivity (Wildman–Crippen MR) is 79.6 cm³/mol. The number of carbonyl (C=O) groups excluding carboxylic acids is 2. The fourth-order valence-corrected chi connectivity index (χ4v) is 2.23. The lowest BCUT2D eigenvalue weighted by molar-refractivity contribution is -0.120. The molecular formula is C13H22N4O2S. The van der Waals surface area contributed by atoms with Gasteiger partial charge in [0, 0.05) is 17.6 Å². The summed E-state index contributed by atoms with van der Waals surface area (Å²) in [5.74, 6) is 0.201. The van der Waals surface area contributed by atoms with Crippen LogP contribution in [0.1, 0.15) is 37.5 Å². The largest absolute Gasteiger partial charge is 0.354 e. The van der Waals surface area contributed by atoms with E-state index in [-0.39, 0.29) is 24.5 Å². The van der Waals surface area contributed by atoms with Crippen molar-refractivity contribution in [3.63, 3.8) is 0 Å². The van der Waals surface area contributed by atoms with Gasteiger partial charge in [-0.15, -0.1) is 11.3 Å². The van der Waals surface area contributed by atoms with Gasteiger partial charge in [0.25, 0.3) is 0 Å². The molecular weight excluding hydrogens is 276 g/mol. The lowest BCUT2D eigenvalue weighted by Crippen LogP contribution is -2.43. The van der Waals surface area contributed by atoms with E-state index in [9.17, 15) is 9.59 Å². The van der Waals surface area contributed by atoms with E-state index in [0.717, 1.165) is 10.7 Å². The molecule has 0 aliphatic carbocycles. The first-order valence-electron chi connectivity index (χ1n) is 6.61. The Balaban J connectivity index is 2.28. The number of aryl methyl sites for hydroxylation is 1. The summed E-state index contributed by atoms with van der Waals surface area (Å²) in [5, 5.41) is 10.8. The van der Waals surface area contributed by atoms with Crippen LogP contribution >= 0.6 is 11.3 Å². The molecule has 6 nitrogen and oxygen atoms in total. The van der Waals surface area contributed by atoms with Crippen molar-refractivity contribution in [2.45, 2.75) is 33.7 Å². The van der Waals surface area contributed by atoms with E-state index in [1.54, 1.807) is 0 Å². The topological polar surface area (TPSA) is 83.1 Å². The summed E-state index contributed by atoms with van der Waals surface area (Å²) in [4.78, 5) is 27.4. The number of amides is 3. The van der Waals surface area contributed by atoms with Crippen molar-refractivity contribution in [1.82, 2.24) is 20.9 Å². The van der Waals surface area contributed by atoms with Crippen LogP contribution in [-0.2, 0) is 4.79 Å². The van der Waals surface area contributed by atoms with Crippen LogP contribution in [0.3, 0.4) is 0 Å². The first-order chi connectivity index (χ1) is 9.38. The van der Waals surface area contributed by atoms with Gasteiger partial charge in [-0.25, -0.2) is 9.78 Å². The van der Waals surface area contributed by atoms with E-state index in [1.807, 2.05) is 33.1 Å². The minimum absolute atomic E-state index is 0.0256. The molecule has 1 aromatic rings. The van der Waals surface area contributed by atoms with Crippen molar-refractivity contribution in [3.8, 4) is 0 Å². The number of thiazole rings is 1. The van der Waals surface area contributed by atoms with Crippen molar-refractivity contribution >= 4 is 23.3 Å². The fraction of sp³-hybridized carbons (Fsp3) is 0.615. The highest BCUT2D eigenvalue weighted by molar-refractivity contribution is 7.09. The Labute approximate surface area is 123 Å². The van der Waals surface area contributed by atoms with Crippen LogP contribution < -0.4 is 16.0 Å². The Morgan fingerprint density at radius 1 is 1.30 bits per heavy atom. The normalized spacial score (nSPS) is 12.1. The minimum atomic E-state index is -0.370. The smallest absolute Gasteiger partial charge is 0.315 e. The number of nitrogens with one attached hydrogen (secondary N) is 3. The fourth-order valence-electron chi connectivity index (χ4n) is 1.42. The first kappa shape index (κ1) is 16.4. The van der Waals surface area contributed by atoms with Crippen LogP contribution in [-0.4, -0.2) is 30.0 Å². The quantitative estimate of drug-likeness (QED) is 0.745. The van der Waals surface area contributed by atoms with Crippen molar-refractivity contribution in [2.24, 2.45) is 5.92 Å². The van der Waals surface area contributed by atoms with Crippen LogP contribution in [0, 0.1) is 12.8 Å². The van der Waals surface area contributed by atoms with Crippen molar-refractivity contribution in [3.05, 3.63) is 16.1 Å². The molecule has 1 aromatic heterocycles. The highest BCUT2D eigenvalue weighted by Gasteiger charge is 2.13. The lowest BCUT2D eigenvalue weighted by atomic mass is 10.2. The third-order valence-corrected chi connectivity index (χ3v) is 3.62. The van der Waals surface area contributed by atoms with Gasteiger partial charge in [0.2, 0.25) is 5.91 Å². The van der Waals surface area contributed by atoms with E-state index < -0.39 is 0 Å². The summed E-state index contributed by atoms with van der Waals surface area (Å²) in [7, 11) is 0. The number of urea groups is 1. The lowest BCUT2D eigenvalue weighted by Gasteiger charge is -2.13. The molecule has 0 radical (unpaired) electrons. The zero-order valence-corrected chi connectivity index (χ0v) is 13.1. The zero-order chi connectivity index (χ0) is 15.1. The summed E-state index contributed by atoms with van der Waals surface area (Å²) in [5.41, 5.74) is 0.937. The molecule has 20 heavy (non-hydrogen) atoms. The Morgan fingerprint density at radius 2 is 2.00 bits per heavy atom. The van der Waals surface area contributed by atoms with E-state index >= 15 is 0 Å². The summed E-state index contributed by atoms with van der Waals surface area (Å²) in [6.45, 7) is 8.37. The number of carbonyl (C=O) groups is 2. The third-order valence-electron chi connectivity index (χ3n) is 2.47. The second kappa shape index (κ2) is 7.84. The molecule has 1 unspecified atom stereocenters. The van der Waals surface area contributed by atoms with Gasteiger partial charge in [-0.2, -0.15) is 0 Å². The van der Waals surface area contributed by atoms with Gasteiger partial charge in [0.1, 0.15) is 5.01 Å². The summed E-state index contributed by atoms with van der Waals surface area (Å²) >= 11 is 1.50. The molecule has 0 aromatic carbocycles. The van der Waals surface area contributed by atoms with Gasteiger partial charge in [-0.1, -0.05) is 13.8 Å². The SMILES string of the molecule is Cc1csc(C(C)NC(=O)NCC(=O)NCC(C)C)n1. The molecule has 3 amide bonds. The Morgan fingerprint density at radius 3 is 2.55 bits per heavy atom. The molecule has 0 fully saturated rings. The average Bonchev–Trinajstić information content (AvgIpc) is 2.80. The Bertz CT molecular complexity index is 459. The molecule has 0 spiro atoms. The summed E-state index contributed by atoms with van der Waals surface area (Å²) in [6, 6.07) is -0.544. The zero-order valence-electron chi connectivity index (χ0n) is 12.3. The number of hydrogen-bond acceptors (Lipinski definition) is 4. The molecule has 112 valence electrons. The first-order valence-corrected chi connectivity index (χ1v) is 7.49. The minimum Gasteiger partial charge on any atom is -0.354 e. The van der Waals surface area contributed by atoms with Gasteiger partial charge in [-0.05, 0) is 19.8 Å². The van der Waals surface area contributed by atoms with Gasteiger partial charge in [0.15, 0.2) is 0 Å². The van der Waals surface area contributed by atoms with Gasteiger partial charge < -0.3 is 16.0 Å². The van der Waals surface area contributed by atoms with E-state index in [4.69, 9.17) is 0 Å². The van der Waals surface area contributed by atoms with Crippen LogP contribution in [0.25, 0.3) is 0 Å². The molecule has 1 heterocycles. The molecule has 0 aliphatic rings. The standard InChI is InChI=1S/C13H22N4O2S/c1-8(2)5-14-11(18)6-15-13(19)17-10(4)12-16-9(3)7-20-12/h7-8,10H,5-6H2,1-4H3,(H,14,18)(H2,15,17,19). The maximum absolute atomic E-state index is 11.7. The number of rotatable bonds is 6. The molecule has 0 saturated heterocycles. The number of hydrogen-bond donors (Lipinski definition) is 3. The summed E-state index contributed by atoms with van der Waals surface area (Å²) in [6.07, 6.45) is 0. The van der Waals surface area contributed by atoms with Crippen molar-refractivity contribution in [2.75, 3.05) is 13.1 Å². The van der Waals surface area contributed by atoms with Gasteiger partial charge >= 0.3 is 6.03 Å². The maximum atomic E-state index is 11.7. The molecule has 1 atom stereocenters. The molecule has 1 rings (SSSR count). The van der Waals surface area contributed by atoms with Crippen LogP contribution in [0.5, 0.6) is 0 Å². The van der Waals surface area contributed by atoms with E-state index in [2.05, 4.69) is 20.9 Å². The highest BCUT2D eigenvalue weighted by Crippen LogP contribution is 2.16. The predicted octanol–water partition coefficient (Wildman–Crippen LogP) is 1.58. The van der Waals surface area contributed by atoms with Crippen molar-refractivity contribution < 1.29 is 9.59 Å². The van der Waals surface area contributed by atoms with Gasteiger partial charge in [-0.3, -0.25) is 4.79 Å². The van der Waals surface area contributed by atoms with Crippen LogP contribution in [0.15, 0.2) is 5.38 Å². The second-order valence-electron chi connectivity index (χ2n) is 5.07. The Kier molecular flexibility index (Phi) is 6.44. The van der Waals surface area contributed by atoms with E-state index in [1.165, 1.54) is 11.3 Å². The highest BCUT2D eigenvalue weighted by atomic mass is 32.1. The van der Waals surface area contributed by atoms with Gasteiger partial charge in [0.05, 0.1) is 12.6 Å². The van der Waals surface area contributed by atoms with E-state index in [0.29, 0.717) is 12.5 Å². The molecule has 3 N–H and O–H groups in total. The van der Waals surface area contributed by atoms with Crippen molar-refractivity contribution in [1.29, 1.82) is 0 Å². The van der Waals surface area contributed by atoms with Crippen LogP contribution in [0.4, 0.5) is 4.79 Å². The Hall–Kier alpha value is -1.63. The second-order valence-corrected chi connectivity index (χ2v) is 5.96. The molecule has 0 bridgehead atoms. The molecule has 7 heteroatoms. The van der Waals surface area contributed by atoms with Crippen LogP contribution in [0.2, 0.25) is 0 Å². The maximum Gasteiger partial charge on any atom is 0.315 e. The average molecular weight is 298 g/mol.